The number of carbonyl (C=O) groups excluding carboxylic acids is 2. The normalized spacial score (nSPS) is 24.5. The van der Waals surface area contributed by atoms with Crippen molar-refractivity contribution in [2.45, 2.75) is 306 Å². The summed E-state index contributed by atoms with van der Waals surface area (Å²) in [6.07, 6.45) is 40.0. The zero-order valence-corrected chi connectivity index (χ0v) is 47.9. The summed E-state index contributed by atoms with van der Waals surface area (Å²) in [5.41, 5.74) is 0. The van der Waals surface area contributed by atoms with Crippen LogP contribution in [-0.4, -0.2) is 142 Å². The van der Waals surface area contributed by atoms with Crippen molar-refractivity contribution < 1.29 is 73.8 Å². The Morgan fingerprint density at radius 2 is 0.792 bits per heavy atom. The Bertz CT molecular complexity index is 1520. The van der Waals surface area contributed by atoms with Gasteiger partial charge in [0.05, 0.1) is 19.8 Å². The summed E-state index contributed by atoms with van der Waals surface area (Å²) < 4.78 is 33.7. The molecule has 0 aromatic rings. The van der Waals surface area contributed by atoms with E-state index in [1.54, 1.807) is 0 Å². The molecule has 4 unspecified atom stereocenters. The van der Waals surface area contributed by atoms with Gasteiger partial charge in [-0.1, -0.05) is 223 Å². The minimum atomic E-state index is -1.78. The minimum Gasteiger partial charge on any atom is -0.462 e. The quantitative estimate of drug-likeness (QED) is 0.0171. The van der Waals surface area contributed by atoms with E-state index >= 15 is 0 Å². The van der Waals surface area contributed by atoms with E-state index in [-0.39, 0.29) is 19.4 Å². The van der Waals surface area contributed by atoms with Crippen molar-refractivity contribution in [2.75, 3.05) is 26.4 Å². The molecule has 15 nitrogen and oxygen atoms in total. The SMILES string of the molecule is CCCCCCCCC/C=C/C/C=C/C/C=C/C/C=C/CCCC(=O)O[C@@H](COC(=O)CCCCCCCCCCCCCCCCCCCCCC)CO[C@@H]1O[C@H](CO[C@@H]2O[C@H](CO)[C@H](O)C(O)C2O)[C@H](O)C(O)C1O. The molecule has 0 bridgehead atoms. The molecule has 0 amide bonds. The first-order valence-corrected chi connectivity index (χ1v) is 30.7. The van der Waals surface area contributed by atoms with Crippen LogP contribution in [0.25, 0.3) is 0 Å². The monoisotopic (exact) mass is 1090 g/mol. The molecule has 2 heterocycles. The maximum absolute atomic E-state index is 13.1. The first-order chi connectivity index (χ1) is 37.5. The Kier molecular flexibility index (Phi) is 44.2. The Labute approximate surface area is 465 Å². The maximum atomic E-state index is 13.1. The zero-order chi connectivity index (χ0) is 56.0. The van der Waals surface area contributed by atoms with Crippen molar-refractivity contribution in [3.63, 3.8) is 0 Å². The van der Waals surface area contributed by atoms with Gasteiger partial charge in [0.1, 0.15) is 55.4 Å². The highest BCUT2D eigenvalue weighted by atomic mass is 16.7. The molecule has 2 fully saturated rings. The number of ether oxygens (including phenoxy) is 6. The van der Waals surface area contributed by atoms with Crippen molar-refractivity contribution in [1.82, 2.24) is 0 Å². The molecule has 0 spiro atoms. The molecule has 7 N–H and O–H groups in total. The van der Waals surface area contributed by atoms with E-state index in [4.69, 9.17) is 28.4 Å². The summed E-state index contributed by atoms with van der Waals surface area (Å²) in [5.74, 6) is -0.981. The topological polar surface area (TPSA) is 231 Å². The number of esters is 2. The van der Waals surface area contributed by atoms with Crippen LogP contribution in [0.15, 0.2) is 48.6 Å². The maximum Gasteiger partial charge on any atom is 0.306 e. The second-order valence-corrected chi connectivity index (χ2v) is 21.5. The second kappa shape index (κ2) is 48.2. The van der Waals surface area contributed by atoms with Crippen LogP contribution in [0, 0.1) is 0 Å². The van der Waals surface area contributed by atoms with Crippen molar-refractivity contribution in [3.05, 3.63) is 48.6 Å². The summed E-state index contributed by atoms with van der Waals surface area (Å²) in [6, 6.07) is 0. The van der Waals surface area contributed by atoms with Gasteiger partial charge in [-0.2, -0.15) is 0 Å². The summed E-state index contributed by atoms with van der Waals surface area (Å²) in [7, 11) is 0. The molecule has 2 rings (SSSR count). The van der Waals surface area contributed by atoms with E-state index < -0.39 is 99.3 Å². The van der Waals surface area contributed by atoms with Gasteiger partial charge < -0.3 is 64.2 Å². The third kappa shape index (κ3) is 35.0. The summed E-state index contributed by atoms with van der Waals surface area (Å²) >= 11 is 0. The number of aliphatic hydroxyl groups excluding tert-OH is 7. The van der Waals surface area contributed by atoms with Crippen LogP contribution < -0.4 is 0 Å². The minimum absolute atomic E-state index is 0.0904. The number of allylic oxidation sites excluding steroid dienone is 8. The number of hydrogen-bond acceptors (Lipinski definition) is 15. The highest BCUT2D eigenvalue weighted by Gasteiger charge is 2.47. The van der Waals surface area contributed by atoms with E-state index in [9.17, 15) is 45.3 Å². The fourth-order valence-electron chi connectivity index (χ4n) is 9.56. The summed E-state index contributed by atoms with van der Waals surface area (Å²) in [4.78, 5) is 25.9. The molecule has 0 aromatic heterocycles. The van der Waals surface area contributed by atoms with Crippen molar-refractivity contribution >= 4 is 11.9 Å². The molecule has 0 saturated carbocycles. The standard InChI is InChI=1S/C62H110O15/c1-3-5-7-9-11-13-15-17-19-21-23-25-27-29-31-33-35-37-39-41-43-45-54(65)75-50(47-72-53(64)44-42-40-38-36-34-32-30-28-26-24-22-20-18-16-14-12-10-8-6-4-2)48-73-61-60(71)58(69)56(67)52(77-61)49-74-62-59(70)57(68)55(66)51(46-63)76-62/h19,21,25,27,31,33,37,39,50-52,55-63,66-71H,3-18,20,22-24,26,28-30,32,34-36,38,40-49H2,1-2H3/b21-19+,27-25+,33-31+,39-37+/t50-,51+,52+,55-,56-,57?,58?,59?,60?,61+,62+/m0/s1. The van der Waals surface area contributed by atoms with Crippen LogP contribution in [0.2, 0.25) is 0 Å². The van der Waals surface area contributed by atoms with Crippen LogP contribution in [-0.2, 0) is 38.0 Å². The lowest BCUT2D eigenvalue weighted by Gasteiger charge is -2.42. The zero-order valence-electron chi connectivity index (χ0n) is 47.9. The average Bonchev–Trinajstić information content (AvgIpc) is 3.43. The van der Waals surface area contributed by atoms with Gasteiger partial charge in [-0.25, -0.2) is 0 Å². The summed E-state index contributed by atoms with van der Waals surface area (Å²) in [6.45, 7) is 2.58. The number of hydrogen-bond donors (Lipinski definition) is 7. The Hall–Kier alpha value is -2.54. The number of rotatable bonds is 49. The van der Waals surface area contributed by atoms with E-state index in [2.05, 4.69) is 56.4 Å². The lowest BCUT2D eigenvalue weighted by atomic mass is 9.98. The third-order valence-corrected chi connectivity index (χ3v) is 14.6. The van der Waals surface area contributed by atoms with Crippen LogP contribution in [0.4, 0.5) is 0 Å². The lowest BCUT2D eigenvalue weighted by Crippen LogP contribution is -2.61. The Morgan fingerprint density at radius 3 is 1.26 bits per heavy atom. The van der Waals surface area contributed by atoms with E-state index in [0.717, 1.165) is 44.9 Å². The van der Waals surface area contributed by atoms with Gasteiger partial charge in [-0.3, -0.25) is 9.59 Å². The third-order valence-electron chi connectivity index (χ3n) is 14.6. The van der Waals surface area contributed by atoms with Gasteiger partial charge in [-0.15, -0.1) is 0 Å². The molecule has 0 radical (unpaired) electrons. The molecular formula is C62H110O15. The van der Waals surface area contributed by atoms with Gasteiger partial charge in [0, 0.05) is 12.8 Å². The largest absolute Gasteiger partial charge is 0.462 e. The first-order valence-electron chi connectivity index (χ1n) is 30.7. The second-order valence-electron chi connectivity index (χ2n) is 21.5. The summed E-state index contributed by atoms with van der Waals surface area (Å²) in [5, 5.41) is 72.3. The van der Waals surface area contributed by atoms with Crippen LogP contribution in [0.3, 0.4) is 0 Å². The van der Waals surface area contributed by atoms with Gasteiger partial charge in [0.15, 0.2) is 18.7 Å². The fourth-order valence-corrected chi connectivity index (χ4v) is 9.56. The molecule has 77 heavy (non-hydrogen) atoms. The Balaban J connectivity index is 1.76. The molecule has 0 aliphatic carbocycles. The van der Waals surface area contributed by atoms with E-state index in [1.165, 1.54) is 148 Å². The van der Waals surface area contributed by atoms with E-state index in [0.29, 0.717) is 19.3 Å². The lowest BCUT2D eigenvalue weighted by molar-refractivity contribution is -0.332. The highest BCUT2D eigenvalue weighted by Crippen LogP contribution is 2.27. The van der Waals surface area contributed by atoms with Crippen molar-refractivity contribution in [1.29, 1.82) is 0 Å². The van der Waals surface area contributed by atoms with Gasteiger partial charge >= 0.3 is 11.9 Å². The van der Waals surface area contributed by atoms with Crippen molar-refractivity contribution in [3.8, 4) is 0 Å². The molecular weight excluding hydrogens is 985 g/mol. The Morgan fingerprint density at radius 1 is 0.416 bits per heavy atom. The predicted molar refractivity (Wildman–Crippen MR) is 303 cm³/mol. The molecule has 448 valence electrons. The molecule has 11 atom stereocenters. The number of carbonyl (C=O) groups is 2. The van der Waals surface area contributed by atoms with Crippen LogP contribution in [0.1, 0.15) is 239 Å². The predicted octanol–water partition coefficient (Wildman–Crippen LogP) is 11.0. The average molecular weight is 1100 g/mol. The molecule has 2 saturated heterocycles. The molecule has 15 heteroatoms. The number of aliphatic hydroxyl groups is 7. The van der Waals surface area contributed by atoms with Crippen LogP contribution in [0.5, 0.6) is 0 Å². The van der Waals surface area contributed by atoms with Gasteiger partial charge in [0.2, 0.25) is 0 Å². The molecule has 2 aliphatic heterocycles. The highest BCUT2D eigenvalue weighted by molar-refractivity contribution is 5.70. The first kappa shape index (κ1) is 70.6. The molecule has 0 aromatic carbocycles. The van der Waals surface area contributed by atoms with Gasteiger partial charge in [-0.05, 0) is 51.4 Å². The van der Waals surface area contributed by atoms with E-state index in [1.807, 2.05) is 6.08 Å². The van der Waals surface area contributed by atoms with Crippen molar-refractivity contribution in [2.24, 2.45) is 0 Å². The fraction of sp³-hybridized carbons (Fsp3) is 0.839. The van der Waals surface area contributed by atoms with Gasteiger partial charge in [0.25, 0.3) is 0 Å². The number of unbranched alkanes of at least 4 members (excludes halogenated alkanes) is 27. The van der Waals surface area contributed by atoms with Crippen LogP contribution >= 0.6 is 0 Å². The smallest absolute Gasteiger partial charge is 0.306 e. The molecule has 2 aliphatic rings.